The van der Waals surface area contributed by atoms with Crippen molar-refractivity contribution in [3.8, 4) is 0 Å². The lowest BCUT2D eigenvalue weighted by atomic mass is 10.0. The summed E-state index contributed by atoms with van der Waals surface area (Å²) < 4.78 is 27.6. The number of hydrogen-bond donors (Lipinski definition) is 3. The molecule has 10 heteroatoms. The summed E-state index contributed by atoms with van der Waals surface area (Å²) in [4.78, 5) is 28.8. The van der Waals surface area contributed by atoms with Gasteiger partial charge in [-0.1, -0.05) is 66.2 Å². The molecule has 1 aliphatic rings. The van der Waals surface area contributed by atoms with Crippen molar-refractivity contribution >= 4 is 33.4 Å². The maximum atomic E-state index is 13.7. The molecule has 3 aromatic carbocycles. The number of halogens is 1. The molecule has 2 amide bonds. The van der Waals surface area contributed by atoms with Crippen molar-refractivity contribution in [3.05, 3.63) is 101 Å². The van der Waals surface area contributed by atoms with Crippen LogP contribution < -0.4 is 10.0 Å². The van der Waals surface area contributed by atoms with Gasteiger partial charge in [-0.3, -0.25) is 9.59 Å². The molecule has 1 aliphatic carbocycles. The standard InChI is InChI=1S/C30H34ClN3O5S/c31-25-11-6-24(7-12-25)21-34(28(30(37)32-18-19-35)20-23-4-2-1-3-5-23)29(36)17-10-22-8-15-27(16-9-22)40(38,39)33-26-13-14-26/h1-9,11-12,15-16,26,28,33,35H,10,13-14,17-21H2,(H,32,37). The van der Waals surface area contributed by atoms with Crippen LogP contribution in [0.4, 0.5) is 0 Å². The fourth-order valence-electron chi connectivity index (χ4n) is 4.36. The highest BCUT2D eigenvalue weighted by Gasteiger charge is 2.30. The third kappa shape index (κ3) is 8.63. The van der Waals surface area contributed by atoms with Crippen LogP contribution in [0.3, 0.4) is 0 Å². The second kappa shape index (κ2) is 13.9. The van der Waals surface area contributed by atoms with E-state index in [1.807, 2.05) is 42.5 Å². The van der Waals surface area contributed by atoms with Gasteiger partial charge in [0.2, 0.25) is 21.8 Å². The first kappa shape index (κ1) is 29.7. The second-order valence-corrected chi connectivity index (χ2v) is 12.1. The summed E-state index contributed by atoms with van der Waals surface area (Å²) in [5.41, 5.74) is 2.54. The van der Waals surface area contributed by atoms with E-state index in [1.54, 1.807) is 41.3 Å². The normalized spacial score (nSPS) is 13.9. The van der Waals surface area contributed by atoms with E-state index >= 15 is 0 Å². The van der Waals surface area contributed by atoms with Crippen LogP contribution in [0.1, 0.15) is 36.0 Å². The molecule has 3 aromatic rings. The van der Waals surface area contributed by atoms with Gasteiger partial charge >= 0.3 is 0 Å². The molecule has 0 radical (unpaired) electrons. The maximum absolute atomic E-state index is 13.7. The number of aryl methyl sites for hydroxylation is 1. The Bertz CT molecular complexity index is 1380. The van der Waals surface area contributed by atoms with Crippen molar-refractivity contribution in [1.29, 1.82) is 0 Å². The minimum absolute atomic E-state index is 0.0207. The molecule has 1 saturated carbocycles. The van der Waals surface area contributed by atoms with Crippen molar-refractivity contribution in [3.63, 3.8) is 0 Å². The molecule has 0 spiro atoms. The Hall–Kier alpha value is -3.24. The van der Waals surface area contributed by atoms with Crippen LogP contribution >= 0.6 is 11.6 Å². The Labute approximate surface area is 240 Å². The molecular formula is C30H34ClN3O5S. The fraction of sp³-hybridized carbons (Fsp3) is 0.333. The summed E-state index contributed by atoms with van der Waals surface area (Å²) in [6.45, 7) is 0.0683. The number of sulfonamides is 1. The smallest absolute Gasteiger partial charge is 0.243 e. The molecular weight excluding hydrogens is 550 g/mol. The summed E-state index contributed by atoms with van der Waals surface area (Å²) in [7, 11) is -3.55. The number of carbonyl (C=O) groups excluding carboxylic acids is 2. The molecule has 0 heterocycles. The Balaban J connectivity index is 1.53. The zero-order valence-electron chi connectivity index (χ0n) is 22.1. The van der Waals surface area contributed by atoms with Crippen LogP contribution in [0.2, 0.25) is 5.02 Å². The number of carbonyl (C=O) groups is 2. The minimum Gasteiger partial charge on any atom is -0.395 e. The monoisotopic (exact) mass is 583 g/mol. The van der Waals surface area contributed by atoms with Crippen LogP contribution in [0.5, 0.6) is 0 Å². The van der Waals surface area contributed by atoms with Gasteiger partial charge in [-0.25, -0.2) is 13.1 Å². The number of amides is 2. The van der Waals surface area contributed by atoms with Crippen LogP contribution in [-0.4, -0.2) is 55.5 Å². The Morgan fingerprint density at radius 2 is 1.57 bits per heavy atom. The lowest BCUT2D eigenvalue weighted by Crippen LogP contribution is -2.51. The third-order valence-corrected chi connectivity index (χ3v) is 8.50. The topological polar surface area (TPSA) is 116 Å². The van der Waals surface area contributed by atoms with E-state index in [2.05, 4.69) is 10.0 Å². The lowest BCUT2D eigenvalue weighted by molar-refractivity contribution is -0.141. The molecule has 40 heavy (non-hydrogen) atoms. The predicted octanol–water partition coefficient (Wildman–Crippen LogP) is 3.46. The van der Waals surface area contributed by atoms with E-state index in [1.165, 1.54) is 0 Å². The first-order chi connectivity index (χ1) is 19.2. The number of rotatable bonds is 14. The Morgan fingerprint density at radius 1 is 0.925 bits per heavy atom. The molecule has 1 unspecified atom stereocenters. The van der Waals surface area contributed by atoms with Gasteiger partial charge in [-0.2, -0.15) is 0 Å². The number of aliphatic hydroxyl groups excluding tert-OH is 1. The summed E-state index contributed by atoms with van der Waals surface area (Å²) >= 11 is 6.06. The van der Waals surface area contributed by atoms with Gasteiger partial charge in [0.15, 0.2) is 0 Å². The highest BCUT2D eigenvalue weighted by atomic mass is 35.5. The zero-order chi connectivity index (χ0) is 28.5. The zero-order valence-corrected chi connectivity index (χ0v) is 23.7. The van der Waals surface area contributed by atoms with Gasteiger partial charge in [-0.05, 0) is 60.2 Å². The molecule has 212 valence electrons. The van der Waals surface area contributed by atoms with Crippen molar-refractivity contribution in [1.82, 2.24) is 14.9 Å². The van der Waals surface area contributed by atoms with E-state index in [0.717, 1.165) is 29.5 Å². The SMILES string of the molecule is O=C(NCCO)C(Cc1ccccc1)N(Cc1ccc(Cl)cc1)C(=O)CCc1ccc(S(=O)(=O)NC2CC2)cc1. The summed E-state index contributed by atoms with van der Waals surface area (Å²) in [5.74, 6) is -0.569. The van der Waals surface area contributed by atoms with E-state index in [-0.39, 0.29) is 48.9 Å². The first-order valence-electron chi connectivity index (χ1n) is 13.3. The minimum atomic E-state index is -3.55. The van der Waals surface area contributed by atoms with Gasteiger partial charge < -0.3 is 15.3 Å². The van der Waals surface area contributed by atoms with Crippen molar-refractivity contribution < 1.29 is 23.1 Å². The molecule has 0 aliphatic heterocycles. The van der Waals surface area contributed by atoms with Gasteiger partial charge in [-0.15, -0.1) is 0 Å². The largest absolute Gasteiger partial charge is 0.395 e. The number of hydrogen-bond acceptors (Lipinski definition) is 5. The Morgan fingerprint density at radius 3 is 2.20 bits per heavy atom. The summed E-state index contributed by atoms with van der Waals surface area (Å²) in [5, 5.41) is 12.6. The van der Waals surface area contributed by atoms with Crippen LogP contribution in [0, 0.1) is 0 Å². The molecule has 1 atom stereocenters. The average Bonchev–Trinajstić information content (AvgIpc) is 3.77. The number of benzene rings is 3. The number of aliphatic hydroxyl groups is 1. The summed E-state index contributed by atoms with van der Waals surface area (Å²) in [6, 6.07) is 22.3. The van der Waals surface area contributed by atoms with Gasteiger partial charge in [0.05, 0.1) is 11.5 Å². The van der Waals surface area contributed by atoms with Crippen LogP contribution in [0.15, 0.2) is 83.8 Å². The molecule has 8 nitrogen and oxygen atoms in total. The molecule has 3 N–H and O–H groups in total. The van der Waals surface area contributed by atoms with Gasteiger partial charge in [0.1, 0.15) is 6.04 Å². The highest BCUT2D eigenvalue weighted by Crippen LogP contribution is 2.23. The van der Waals surface area contributed by atoms with E-state index < -0.39 is 16.1 Å². The van der Waals surface area contributed by atoms with Crippen molar-refractivity contribution in [2.75, 3.05) is 13.2 Å². The van der Waals surface area contributed by atoms with E-state index in [0.29, 0.717) is 17.9 Å². The number of nitrogens with zero attached hydrogens (tertiary/aromatic N) is 1. The number of nitrogens with one attached hydrogen (secondary N) is 2. The molecule has 0 saturated heterocycles. The van der Waals surface area contributed by atoms with Crippen molar-refractivity contribution in [2.24, 2.45) is 0 Å². The lowest BCUT2D eigenvalue weighted by Gasteiger charge is -2.31. The molecule has 0 aromatic heterocycles. The average molecular weight is 584 g/mol. The Kier molecular flexibility index (Phi) is 10.3. The molecule has 1 fully saturated rings. The maximum Gasteiger partial charge on any atom is 0.243 e. The first-order valence-corrected chi connectivity index (χ1v) is 15.2. The third-order valence-electron chi connectivity index (χ3n) is 6.71. The highest BCUT2D eigenvalue weighted by molar-refractivity contribution is 7.89. The predicted molar refractivity (Wildman–Crippen MR) is 154 cm³/mol. The second-order valence-electron chi connectivity index (χ2n) is 9.91. The van der Waals surface area contributed by atoms with Crippen LogP contribution in [0.25, 0.3) is 0 Å². The summed E-state index contributed by atoms with van der Waals surface area (Å²) in [6.07, 6.45) is 2.52. The van der Waals surface area contributed by atoms with Crippen molar-refractivity contribution in [2.45, 2.75) is 55.6 Å². The molecule has 0 bridgehead atoms. The van der Waals surface area contributed by atoms with E-state index in [9.17, 15) is 23.1 Å². The quantitative estimate of drug-likeness (QED) is 0.269. The van der Waals surface area contributed by atoms with Gasteiger partial charge in [0.25, 0.3) is 0 Å². The van der Waals surface area contributed by atoms with Crippen LogP contribution in [-0.2, 0) is 39.0 Å². The molecule has 4 rings (SSSR count). The fourth-order valence-corrected chi connectivity index (χ4v) is 5.79. The van der Waals surface area contributed by atoms with E-state index in [4.69, 9.17) is 11.6 Å². The van der Waals surface area contributed by atoms with Gasteiger partial charge in [0, 0.05) is 37.0 Å².